The van der Waals surface area contributed by atoms with Gasteiger partial charge >= 0.3 is 12.1 Å². The highest BCUT2D eigenvalue weighted by Crippen LogP contribution is 2.23. The van der Waals surface area contributed by atoms with E-state index in [-0.39, 0.29) is 6.42 Å². The Morgan fingerprint density at radius 3 is 1.95 bits per heavy atom. The van der Waals surface area contributed by atoms with E-state index in [4.69, 9.17) is 9.47 Å². The molecule has 0 saturated carbocycles. The summed E-state index contributed by atoms with van der Waals surface area (Å²) in [6.07, 6.45) is 1.73. The second-order valence-electron chi connectivity index (χ2n) is 12.5. The maximum atomic E-state index is 14.1. The molecule has 0 saturated heterocycles. The lowest BCUT2D eigenvalue weighted by Crippen LogP contribution is -2.54. The van der Waals surface area contributed by atoms with Gasteiger partial charge in [0.1, 0.15) is 29.3 Å². The van der Waals surface area contributed by atoms with Crippen LogP contribution >= 0.6 is 11.8 Å². The fraction of sp³-hybridized carbons (Fsp3) is 0.515. The van der Waals surface area contributed by atoms with Crippen molar-refractivity contribution in [1.29, 1.82) is 0 Å². The molecule has 3 amide bonds. The number of carbonyl (C=O) groups is 4. The SMILES string of the molecule is CSCCC(NC(=O)OC(C)(C)C)C(=O)N(C)C(C(=O)NC(Cc1ccccc1)C(=O)OC(C)(C)C)c1ccc(C)cc1. The van der Waals surface area contributed by atoms with Crippen molar-refractivity contribution in [3.63, 3.8) is 0 Å². The molecule has 3 unspecified atom stereocenters. The number of hydrogen-bond donors (Lipinski definition) is 2. The predicted octanol–water partition coefficient (Wildman–Crippen LogP) is 5.21. The van der Waals surface area contributed by atoms with Crippen molar-refractivity contribution in [2.75, 3.05) is 19.1 Å². The quantitative estimate of drug-likeness (QED) is 0.316. The van der Waals surface area contributed by atoms with Gasteiger partial charge in [-0.1, -0.05) is 60.2 Å². The van der Waals surface area contributed by atoms with Crippen molar-refractivity contribution >= 4 is 35.6 Å². The van der Waals surface area contributed by atoms with Crippen LogP contribution in [-0.2, 0) is 30.3 Å². The summed E-state index contributed by atoms with van der Waals surface area (Å²) < 4.78 is 11.1. The molecule has 0 radical (unpaired) electrons. The Morgan fingerprint density at radius 1 is 0.837 bits per heavy atom. The highest BCUT2D eigenvalue weighted by atomic mass is 32.2. The van der Waals surface area contributed by atoms with Crippen LogP contribution < -0.4 is 10.6 Å². The molecule has 0 aromatic heterocycles. The first kappa shape index (κ1) is 35.7. The zero-order valence-corrected chi connectivity index (χ0v) is 27.7. The molecule has 3 atom stereocenters. The topological polar surface area (TPSA) is 114 Å². The van der Waals surface area contributed by atoms with E-state index in [0.29, 0.717) is 17.7 Å². The van der Waals surface area contributed by atoms with Crippen LogP contribution in [0.25, 0.3) is 0 Å². The minimum atomic E-state index is -1.09. The van der Waals surface area contributed by atoms with Crippen molar-refractivity contribution in [2.24, 2.45) is 0 Å². The van der Waals surface area contributed by atoms with Gasteiger partial charge in [0.2, 0.25) is 11.8 Å². The van der Waals surface area contributed by atoms with Crippen LogP contribution in [-0.4, -0.2) is 71.1 Å². The van der Waals surface area contributed by atoms with Gasteiger partial charge in [-0.05, 0) is 78.0 Å². The summed E-state index contributed by atoms with van der Waals surface area (Å²) in [7, 11) is 1.52. The maximum absolute atomic E-state index is 14.1. The van der Waals surface area contributed by atoms with Crippen LogP contribution in [0.4, 0.5) is 4.79 Å². The van der Waals surface area contributed by atoms with Gasteiger partial charge in [0.15, 0.2) is 0 Å². The molecule has 2 rings (SSSR count). The highest BCUT2D eigenvalue weighted by Gasteiger charge is 2.36. The van der Waals surface area contributed by atoms with E-state index in [9.17, 15) is 19.2 Å². The molecule has 2 N–H and O–H groups in total. The van der Waals surface area contributed by atoms with Crippen molar-refractivity contribution in [3.8, 4) is 0 Å². The summed E-state index contributed by atoms with van der Waals surface area (Å²) >= 11 is 1.54. The van der Waals surface area contributed by atoms with Gasteiger partial charge in [0, 0.05) is 13.5 Å². The van der Waals surface area contributed by atoms with Gasteiger partial charge in [0.25, 0.3) is 0 Å². The minimum Gasteiger partial charge on any atom is -0.458 e. The van der Waals surface area contributed by atoms with Crippen molar-refractivity contribution in [2.45, 2.75) is 90.6 Å². The highest BCUT2D eigenvalue weighted by molar-refractivity contribution is 7.98. The van der Waals surface area contributed by atoms with Crippen molar-refractivity contribution in [1.82, 2.24) is 15.5 Å². The van der Waals surface area contributed by atoms with Crippen LogP contribution in [0.2, 0.25) is 0 Å². The van der Waals surface area contributed by atoms with E-state index in [1.807, 2.05) is 55.6 Å². The molecule has 2 aromatic carbocycles. The maximum Gasteiger partial charge on any atom is 0.408 e. The molecule has 0 bridgehead atoms. The zero-order chi connectivity index (χ0) is 32.4. The fourth-order valence-corrected chi connectivity index (χ4v) is 4.75. The van der Waals surface area contributed by atoms with E-state index in [0.717, 1.165) is 11.1 Å². The van der Waals surface area contributed by atoms with Gasteiger partial charge in [-0.25, -0.2) is 9.59 Å². The molecule has 0 aliphatic rings. The van der Waals surface area contributed by atoms with E-state index < -0.39 is 53.2 Å². The Labute approximate surface area is 260 Å². The van der Waals surface area contributed by atoms with Crippen LogP contribution in [0.15, 0.2) is 54.6 Å². The van der Waals surface area contributed by atoms with E-state index in [1.165, 1.54) is 23.7 Å². The fourth-order valence-electron chi connectivity index (χ4n) is 4.28. The summed E-state index contributed by atoms with van der Waals surface area (Å²) in [5, 5.41) is 5.56. The second-order valence-corrected chi connectivity index (χ2v) is 13.5. The van der Waals surface area contributed by atoms with Gasteiger partial charge in [0.05, 0.1) is 0 Å². The van der Waals surface area contributed by atoms with E-state index in [1.54, 1.807) is 53.7 Å². The number of hydrogen-bond acceptors (Lipinski definition) is 7. The van der Waals surface area contributed by atoms with Crippen molar-refractivity contribution in [3.05, 3.63) is 71.3 Å². The lowest BCUT2D eigenvalue weighted by Gasteiger charge is -2.33. The molecule has 0 aliphatic carbocycles. The number of amides is 3. The predicted molar refractivity (Wildman–Crippen MR) is 171 cm³/mol. The number of nitrogens with zero attached hydrogens (tertiary/aromatic N) is 1. The second kappa shape index (κ2) is 15.8. The third-order valence-electron chi connectivity index (χ3n) is 6.27. The van der Waals surface area contributed by atoms with Gasteiger partial charge < -0.3 is 25.0 Å². The molecular formula is C33H47N3O6S. The number of esters is 1. The molecule has 0 heterocycles. The monoisotopic (exact) mass is 613 g/mol. The average Bonchev–Trinajstić information content (AvgIpc) is 2.90. The van der Waals surface area contributed by atoms with Gasteiger partial charge in [-0.15, -0.1) is 0 Å². The molecule has 0 spiro atoms. The van der Waals surface area contributed by atoms with Crippen LogP contribution in [0, 0.1) is 6.92 Å². The van der Waals surface area contributed by atoms with E-state index in [2.05, 4.69) is 10.6 Å². The molecule has 9 nitrogen and oxygen atoms in total. The summed E-state index contributed by atoms with van der Waals surface area (Å²) in [6, 6.07) is 13.6. The molecule has 43 heavy (non-hydrogen) atoms. The summed E-state index contributed by atoms with van der Waals surface area (Å²) in [5.74, 6) is -0.991. The number of carbonyl (C=O) groups excluding carboxylic acids is 4. The largest absolute Gasteiger partial charge is 0.458 e. The third-order valence-corrected chi connectivity index (χ3v) is 6.91. The normalized spacial score (nSPS) is 13.7. The average molecular weight is 614 g/mol. The Kier molecular flexibility index (Phi) is 13.1. The number of benzene rings is 2. The van der Waals surface area contributed by atoms with E-state index >= 15 is 0 Å². The van der Waals surface area contributed by atoms with Crippen LogP contribution in [0.1, 0.15) is 70.7 Å². The Bertz CT molecular complexity index is 1220. The van der Waals surface area contributed by atoms with Crippen LogP contribution in [0.5, 0.6) is 0 Å². The van der Waals surface area contributed by atoms with Gasteiger partial charge in [-0.3, -0.25) is 9.59 Å². The minimum absolute atomic E-state index is 0.205. The first-order chi connectivity index (χ1) is 20.0. The summed E-state index contributed by atoms with van der Waals surface area (Å²) in [6.45, 7) is 12.4. The number of rotatable bonds is 12. The lowest BCUT2D eigenvalue weighted by atomic mass is 10.00. The first-order valence-electron chi connectivity index (χ1n) is 14.4. The number of ether oxygens (including phenoxy) is 2. The Morgan fingerprint density at radius 2 is 1.42 bits per heavy atom. The molecule has 0 fully saturated rings. The summed E-state index contributed by atoms with van der Waals surface area (Å²) in [5.41, 5.74) is 0.869. The number of aryl methyl sites for hydroxylation is 1. The smallest absolute Gasteiger partial charge is 0.408 e. The first-order valence-corrected chi connectivity index (χ1v) is 15.8. The lowest BCUT2D eigenvalue weighted by molar-refractivity contribution is -0.159. The molecule has 2 aromatic rings. The molecular weight excluding hydrogens is 566 g/mol. The standard InChI is InChI=1S/C33H47N3O6S/c1-22-15-17-24(18-16-22)27(36(8)29(38)25(19-20-43-9)35-31(40)42-33(5,6)7)28(37)34-26(30(39)41-32(2,3)4)21-23-13-11-10-12-14-23/h10-18,25-27H,19-21H2,1-9H3,(H,34,37)(H,35,40). The zero-order valence-electron chi connectivity index (χ0n) is 26.9. The Balaban J connectivity index is 2.44. The molecule has 10 heteroatoms. The Hall–Kier alpha value is -3.53. The molecule has 236 valence electrons. The summed E-state index contributed by atoms with van der Waals surface area (Å²) in [4.78, 5) is 55.2. The van der Waals surface area contributed by atoms with Crippen molar-refractivity contribution < 1.29 is 28.7 Å². The third kappa shape index (κ3) is 12.3. The van der Waals surface area contributed by atoms with Crippen LogP contribution in [0.3, 0.4) is 0 Å². The number of alkyl carbamates (subject to hydrolysis) is 1. The number of likely N-dealkylation sites (N-methyl/N-ethyl adjacent to an activating group) is 1. The van der Waals surface area contributed by atoms with Gasteiger partial charge in [-0.2, -0.15) is 11.8 Å². The molecule has 0 aliphatic heterocycles. The number of nitrogens with one attached hydrogen (secondary N) is 2. The number of thioether (sulfide) groups is 1.